The maximum absolute atomic E-state index is 10.0. The van der Waals surface area contributed by atoms with Crippen LogP contribution in [0.4, 0.5) is 0 Å². The number of aliphatic hydroxyl groups is 1. The Balaban J connectivity index is 0.00000361. The molecule has 0 fully saturated rings. The van der Waals surface area contributed by atoms with Crippen LogP contribution in [-0.4, -0.2) is 42.7 Å². The molecule has 116 valence electrons. The zero-order valence-electron chi connectivity index (χ0n) is 11.6. The van der Waals surface area contributed by atoms with Crippen molar-refractivity contribution in [1.82, 2.24) is 10.6 Å². The Morgan fingerprint density at radius 3 is 2.80 bits per heavy atom. The van der Waals surface area contributed by atoms with Crippen molar-refractivity contribution in [2.75, 3.05) is 31.6 Å². The second kappa shape index (κ2) is 11.9. The van der Waals surface area contributed by atoms with Gasteiger partial charge in [-0.15, -0.1) is 35.3 Å². The Morgan fingerprint density at radius 1 is 1.50 bits per heavy atom. The highest BCUT2D eigenvalue weighted by atomic mass is 127. The predicted octanol–water partition coefficient (Wildman–Crippen LogP) is 2.97. The Hall–Kier alpha value is 0.300. The Kier molecular flexibility index (Phi) is 12.1. The lowest BCUT2D eigenvalue weighted by Crippen LogP contribution is -2.38. The van der Waals surface area contributed by atoms with E-state index in [0.29, 0.717) is 10.9 Å². The van der Waals surface area contributed by atoms with Crippen LogP contribution < -0.4 is 10.6 Å². The lowest BCUT2D eigenvalue weighted by molar-refractivity contribution is 0.191. The van der Waals surface area contributed by atoms with Crippen LogP contribution >= 0.6 is 58.7 Å². The maximum Gasteiger partial charge on any atom is 0.191 e. The number of hydrogen-bond acceptors (Lipinski definition) is 4. The third-order valence-corrected chi connectivity index (χ3v) is 4.23. The molecule has 1 atom stereocenters. The zero-order valence-corrected chi connectivity index (χ0v) is 16.3. The van der Waals surface area contributed by atoms with Crippen molar-refractivity contribution >= 4 is 64.6 Å². The Morgan fingerprint density at radius 2 is 2.25 bits per heavy atom. The number of aliphatic hydroxyl groups excluding tert-OH is 1. The van der Waals surface area contributed by atoms with Crippen LogP contribution in [0.15, 0.2) is 17.1 Å². The zero-order chi connectivity index (χ0) is 14.1. The quantitative estimate of drug-likeness (QED) is 0.259. The lowest BCUT2D eigenvalue weighted by Gasteiger charge is -2.12. The summed E-state index contributed by atoms with van der Waals surface area (Å²) in [6.07, 6.45) is 1.46. The van der Waals surface area contributed by atoms with E-state index < -0.39 is 6.10 Å². The summed E-state index contributed by atoms with van der Waals surface area (Å²) in [5.41, 5.74) is 0. The second-order valence-corrected chi connectivity index (χ2v) is 6.53. The van der Waals surface area contributed by atoms with Gasteiger partial charge in [-0.2, -0.15) is 11.8 Å². The van der Waals surface area contributed by atoms with Crippen molar-refractivity contribution in [3.05, 3.63) is 21.3 Å². The number of halogens is 2. The van der Waals surface area contributed by atoms with Crippen molar-refractivity contribution in [3.63, 3.8) is 0 Å². The molecule has 8 heteroatoms. The van der Waals surface area contributed by atoms with Crippen LogP contribution in [0.1, 0.15) is 17.9 Å². The van der Waals surface area contributed by atoms with E-state index in [4.69, 9.17) is 11.6 Å². The van der Waals surface area contributed by atoms with Crippen LogP contribution in [0.3, 0.4) is 0 Å². The number of nitrogens with one attached hydrogen (secondary N) is 2. The summed E-state index contributed by atoms with van der Waals surface area (Å²) < 4.78 is 0.683. The van der Waals surface area contributed by atoms with Gasteiger partial charge in [-0.1, -0.05) is 11.6 Å². The molecule has 0 saturated heterocycles. The molecule has 20 heavy (non-hydrogen) atoms. The largest absolute Gasteiger partial charge is 0.386 e. The minimum absolute atomic E-state index is 0. The topological polar surface area (TPSA) is 56.7 Å². The van der Waals surface area contributed by atoms with E-state index in [1.54, 1.807) is 17.8 Å². The summed E-state index contributed by atoms with van der Waals surface area (Å²) in [4.78, 5) is 5.21. The van der Waals surface area contributed by atoms with Gasteiger partial charge in [0, 0.05) is 23.7 Å². The fraction of sp³-hybridized carbons (Fsp3) is 0.583. The van der Waals surface area contributed by atoms with Crippen molar-refractivity contribution in [2.45, 2.75) is 13.0 Å². The van der Waals surface area contributed by atoms with E-state index in [2.05, 4.69) is 21.9 Å². The SMILES string of the molecule is CCNC(=NCC(O)c1ccc(Cl)s1)NCCSC.I. The predicted molar refractivity (Wildman–Crippen MR) is 102 cm³/mol. The molecule has 1 aromatic rings. The molecule has 1 aromatic heterocycles. The molecule has 0 aromatic carbocycles. The minimum atomic E-state index is -0.603. The van der Waals surface area contributed by atoms with E-state index >= 15 is 0 Å². The molecule has 1 heterocycles. The van der Waals surface area contributed by atoms with Crippen molar-refractivity contribution in [2.24, 2.45) is 4.99 Å². The number of thiophene rings is 1. The molecule has 0 aliphatic carbocycles. The van der Waals surface area contributed by atoms with Crippen molar-refractivity contribution in [3.8, 4) is 0 Å². The molecular formula is C12H21ClIN3OS2. The average Bonchev–Trinajstić information content (AvgIpc) is 2.82. The van der Waals surface area contributed by atoms with Gasteiger partial charge in [0.2, 0.25) is 0 Å². The molecule has 0 amide bonds. The van der Waals surface area contributed by atoms with Gasteiger partial charge >= 0.3 is 0 Å². The van der Waals surface area contributed by atoms with Crippen LogP contribution in [0.2, 0.25) is 4.34 Å². The fourth-order valence-corrected chi connectivity index (χ4v) is 2.73. The molecule has 0 saturated carbocycles. The number of rotatable bonds is 7. The summed E-state index contributed by atoms with van der Waals surface area (Å²) in [6.45, 7) is 3.99. The maximum atomic E-state index is 10.0. The highest BCUT2D eigenvalue weighted by molar-refractivity contribution is 14.0. The summed E-state index contributed by atoms with van der Waals surface area (Å²) >= 11 is 9.01. The molecule has 3 N–H and O–H groups in total. The molecule has 0 radical (unpaired) electrons. The molecule has 1 rings (SSSR count). The van der Waals surface area contributed by atoms with E-state index in [0.717, 1.165) is 29.7 Å². The summed E-state index contributed by atoms with van der Waals surface area (Å²) in [5, 5.41) is 16.4. The molecule has 0 aliphatic heterocycles. The number of guanidine groups is 1. The fourth-order valence-electron chi connectivity index (χ4n) is 1.39. The molecule has 4 nitrogen and oxygen atoms in total. The standard InChI is InChI=1S/C12H20ClN3OS2.HI/c1-3-14-12(15-6-7-18-2)16-8-9(17)10-4-5-11(13)19-10;/h4-5,9,17H,3,6-8H2,1-2H3,(H2,14,15,16);1H. The van der Waals surface area contributed by atoms with Gasteiger partial charge in [0.15, 0.2) is 5.96 Å². The van der Waals surface area contributed by atoms with Crippen molar-refractivity contribution in [1.29, 1.82) is 0 Å². The monoisotopic (exact) mass is 449 g/mol. The number of nitrogens with zero attached hydrogens (tertiary/aromatic N) is 1. The summed E-state index contributed by atoms with van der Waals surface area (Å²) in [7, 11) is 0. The lowest BCUT2D eigenvalue weighted by atomic mass is 10.3. The number of thioether (sulfide) groups is 1. The van der Waals surface area contributed by atoms with E-state index in [1.165, 1.54) is 11.3 Å². The van der Waals surface area contributed by atoms with Gasteiger partial charge in [0.1, 0.15) is 6.10 Å². The van der Waals surface area contributed by atoms with Crippen molar-refractivity contribution < 1.29 is 5.11 Å². The first-order valence-electron chi connectivity index (χ1n) is 6.11. The third kappa shape index (κ3) is 7.92. The second-order valence-electron chi connectivity index (χ2n) is 3.80. The smallest absolute Gasteiger partial charge is 0.191 e. The normalized spacial score (nSPS) is 12.7. The molecule has 1 unspecified atom stereocenters. The van der Waals surface area contributed by atoms with Gasteiger partial charge in [-0.05, 0) is 25.3 Å². The van der Waals surface area contributed by atoms with Crippen LogP contribution in [0.5, 0.6) is 0 Å². The highest BCUT2D eigenvalue weighted by Gasteiger charge is 2.10. The van der Waals surface area contributed by atoms with E-state index in [-0.39, 0.29) is 24.0 Å². The van der Waals surface area contributed by atoms with Gasteiger partial charge in [-0.3, -0.25) is 4.99 Å². The van der Waals surface area contributed by atoms with Gasteiger partial charge < -0.3 is 15.7 Å². The highest BCUT2D eigenvalue weighted by Crippen LogP contribution is 2.26. The minimum Gasteiger partial charge on any atom is -0.386 e. The molecule has 0 spiro atoms. The summed E-state index contributed by atoms with van der Waals surface area (Å²) in [5.74, 6) is 1.76. The Labute approximate surface area is 150 Å². The van der Waals surface area contributed by atoms with E-state index in [1.807, 2.05) is 13.0 Å². The first kappa shape index (κ1) is 20.3. The number of aliphatic imine (C=N–C) groups is 1. The molecular weight excluding hydrogens is 429 g/mol. The average molecular weight is 450 g/mol. The summed E-state index contributed by atoms with van der Waals surface area (Å²) in [6, 6.07) is 3.62. The number of hydrogen-bond donors (Lipinski definition) is 3. The van der Waals surface area contributed by atoms with Gasteiger partial charge in [-0.25, -0.2) is 0 Å². The van der Waals surface area contributed by atoms with Gasteiger partial charge in [0.05, 0.1) is 10.9 Å². The first-order valence-corrected chi connectivity index (χ1v) is 8.70. The third-order valence-electron chi connectivity index (χ3n) is 2.29. The van der Waals surface area contributed by atoms with Gasteiger partial charge in [0.25, 0.3) is 0 Å². The van der Waals surface area contributed by atoms with Crippen LogP contribution in [-0.2, 0) is 0 Å². The molecule has 0 bridgehead atoms. The molecule has 0 aliphatic rings. The Bertz CT molecular complexity index is 404. The van der Waals surface area contributed by atoms with E-state index in [9.17, 15) is 5.11 Å². The van der Waals surface area contributed by atoms with Crippen LogP contribution in [0.25, 0.3) is 0 Å². The van der Waals surface area contributed by atoms with Crippen LogP contribution in [0, 0.1) is 0 Å². The first-order chi connectivity index (χ1) is 9.17.